The molecule has 6 heteroatoms. The molecule has 6 nitrogen and oxygen atoms in total. The van der Waals surface area contributed by atoms with Gasteiger partial charge in [-0.05, 0) is 29.3 Å². The first-order valence-electron chi connectivity index (χ1n) is 7.54. The molecule has 0 spiro atoms. The molecule has 2 rings (SSSR count). The number of aliphatic carboxylic acids is 2. The Balaban J connectivity index is 2.17. The molecule has 0 bridgehead atoms. The highest BCUT2D eigenvalue weighted by atomic mass is 16.5. The Kier molecular flexibility index (Phi) is 6.17. The molecule has 0 heterocycles. The first-order chi connectivity index (χ1) is 12.0. The summed E-state index contributed by atoms with van der Waals surface area (Å²) in [5, 5.41) is 17.9. The smallest absolute Gasteiger partial charge is 0.343 e. The van der Waals surface area contributed by atoms with Crippen molar-refractivity contribution in [2.24, 2.45) is 0 Å². The molecule has 0 saturated carbocycles. The van der Waals surface area contributed by atoms with Gasteiger partial charge in [0, 0.05) is 6.42 Å². The summed E-state index contributed by atoms with van der Waals surface area (Å²) in [5.74, 6) is -2.11. The van der Waals surface area contributed by atoms with Crippen LogP contribution in [0.2, 0.25) is 0 Å². The molecule has 0 aliphatic heterocycles. The van der Waals surface area contributed by atoms with E-state index in [-0.39, 0.29) is 0 Å². The van der Waals surface area contributed by atoms with E-state index in [9.17, 15) is 9.59 Å². The fourth-order valence-corrected chi connectivity index (χ4v) is 2.20. The van der Waals surface area contributed by atoms with Crippen LogP contribution in [0.3, 0.4) is 0 Å². The maximum absolute atomic E-state index is 11.0. The molecule has 2 aromatic carbocycles. The van der Waals surface area contributed by atoms with Gasteiger partial charge in [-0.3, -0.25) is 0 Å². The number of methoxy groups -OCH3 is 1. The summed E-state index contributed by atoms with van der Waals surface area (Å²) >= 11 is 0. The van der Waals surface area contributed by atoms with Crippen molar-refractivity contribution in [2.75, 3.05) is 13.7 Å². The van der Waals surface area contributed by atoms with Crippen molar-refractivity contribution in [3.63, 3.8) is 0 Å². The molecule has 0 aliphatic carbocycles. The normalized spacial score (nSPS) is 9.96. The predicted octanol–water partition coefficient (Wildman–Crippen LogP) is 2.87. The van der Waals surface area contributed by atoms with Crippen molar-refractivity contribution >= 4 is 18.0 Å². The van der Waals surface area contributed by atoms with E-state index in [0.29, 0.717) is 30.1 Å². The van der Waals surface area contributed by atoms with Gasteiger partial charge in [0.25, 0.3) is 0 Å². The summed E-state index contributed by atoms with van der Waals surface area (Å²) in [7, 11) is 1.49. The fourth-order valence-electron chi connectivity index (χ4n) is 2.20. The molecule has 0 amide bonds. The Bertz CT molecular complexity index is 764. The molecule has 0 atom stereocenters. The van der Waals surface area contributed by atoms with Crippen molar-refractivity contribution < 1.29 is 29.3 Å². The Morgan fingerprint density at radius 3 is 2.28 bits per heavy atom. The van der Waals surface area contributed by atoms with Crippen LogP contribution in [-0.2, 0) is 16.0 Å². The number of hydrogen-bond acceptors (Lipinski definition) is 4. The van der Waals surface area contributed by atoms with Gasteiger partial charge in [0.05, 0.1) is 13.7 Å². The summed E-state index contributed by atoms with van der Waals surface area (Å²) in [5.41, 5.74) is 0.798. The number of carboxylic acid groups (broad SMARTS) is 2. The van der Waals surface area contributed by atoms with Gasteiger partial charge in [-0.2, -0.15) is 0 Å². The highest BCUT2D eigenvalue weighted by Crippen LogP contribution is 2.29. The van der Waals surface area contributed by atoms with Crippen LogP contribution in [0.1, 0.15) is 11.1 Å². The topological polar surface area (TPSA) is 93.1 Å². The average molecular weight is 342 g/mol. The van der Waals surface area contributed by atoms with Gasteiger partial charge in [0.1, 0.15) is 5.57 Å². The highest BCUT2D eigenvalue weighted by Gasteiger charge is 2.16. The molecular formula is C19H18O6. The van der Waals surface area contributed by atoms with E-state index >= 15 is 0 Å². The van der Waals surface area contributed by atoms with E-state index in [2.05, 4.69) is 0 Å². The van der Waals surface area contributed by atoms with Crippen LogP contribution in [-0.4, -0.2) is 35.9 Å². The Labute approximate surface area is 144 Å². The molecule has 0 fully saturated rings. The summed E-state index contributed by atoms with van der Waals surface area (Å²) < 4.78 is 11.0. The second-order valence-electron chi connectivity index (χ2n) is 5.16. The minimum absolute atomic E-state index is 0.398. The lowest BCUT2D eigenvalue weighted by atomic mass is 10.1. The summed E-state index contributed by atoms with van der Waals surface area (Å²) in [6.45, 7) is 0.401. The van der Waals surface area contributed by atoms with E-state index in [1.54, 1.807) is 18.2 Å². The standard InChI is InChI=1S/C19H18O6/c1-24-16-8-7-14(11-15(18(20)21)19(22)23)12-17(16)25-10-9-13-5-3-2-4-6-13/h2-8,11-12H,9-10H2,1H3,(H,20,21)(H,22,23). The van der Waals surface area contributed by atoms with Crippen molar-refractivity contribution in [1.82, 2.24) is 0 Å². The van der Waals surface area contributed by atoms with E-state index in [0.717, 1.165) is 11.6 Å². The third-order valence-electron chi connectivity index (χ3n) is 3.45. The maximum Gasteiger partial charge on any atom is 0.343 e. The first-order valence-corrected chi connectivity index (χ1v) is 7.54. The Morgan fingerprint density at radius 1 is 1.00 bits per heavy atom. The number of hydrogen-bond donors (Lipinski definition) is 2. The van der Waals surface area contributed by atoms with Crippen molar-refractivity contribution in [1.29, 1.82) is 0 Å². The molecule has 0 saturated heterocycles. The lowest BCUT2D eigenvalue weighted by Crippen LogP contribution is -2.10. The fraction of sp³-hybridized carbons (Fsp3) is 0.158. The molecule has 2 aromatic rings. The van der Waals surface area contributed by atoms with E-state index in [4.69, 9.17) is 19.7 Å². The lowest BCUT2D eigenvalue weighted by Gasteiger charge is -2.11. The van der Waals surface area contributed by atoms with E-state index < -0.39 is 17.5 Å². The zero-order valence-electron chi connectivity index (χ0n) is 13.6. The van der Waals surface area contributed by atoms with Crippen LogP contribution in [0.4, 0.5) is 0 Å². The van der Waals surface area contributed by atoms with Gasteiger partial charge < -0.3 is 19.7 Å². The average Bonchev–Trinajstić information content (AvgIpc) is 2.60. The third-order valence-corrected chi connectivity index (χ3v) is 3.45. The number of carbonyl (C=O) groups is 2. The second kappa shape index (κ2) is 8.54. The quantitative estimate of drug-likeness (QED) is 0.435. The third kappa shape index (κ3) is 5.10. The molecule has 25 heavy (non-hydrogen) atoms. The molecular weight excluding hydrogens is 324 g/mol. The molecule has 2 N–H and O–H groups in total. The molecule has 0 radical (unpaired) electrons. The highest BCUT2D eigenvalue weighted by molar-refractivity contribution is 6.16. The minimum Gasteiger partial charge on any atom is -0.493 e. The zero-order chi connectivity index (χ0) is 18.2. The van der Waals surface area contributed by atoms with Crippen LogP contribution in [0.5, 0.6) is 11.5 Å². The number of ether oxygens (including phenoxy) is 2. The molecule has 0 aliphatic rings. The zero-order valence-corrected chi connectivity index (χ0v) is 13.6. The van der Waals surface area contributed by atoms with Gasteiger partial charge in [-0.25, -0.2) is 9.59 Å². The maximum atomic E-state index is 11.0. The van der Waals surface area contributed by atoms with Crippen LogP contribution in [0.15, 0.2) is 54.1 Å². The van der Waals surface area contributed by atoms with Crippen molar-refractivity contribution in [2.45, 2.75) is 6.42 Å². The number of carboxylic acids is 2. The van der Waals surface area contributed by atoms with Gasteiger partial charge in [0.2, 0.25) is 0 Å². The summed E-state index contributed by atoms with van der Waals surface area (Å²) in [6, 6.07) is 14.5. The second-order valence-corrected chi connectivity index (χ2v) is 5.16. The Hall–Kier alpha value is -3.28. The van der Waals surface area contributed by atoms with Gasteiger partial charge in [-0.1, -0.05) is 36.4 Å². The molecule has 0 aromatic heterocycles. The van der Waals surface area contributed by atoms with Gasteiger partial charge >= 0.3 is 11.9 Å². The number of rotatable bonds is 8. The SMILES string of the molecule is COc1ccc(C=C(C(=O)O)C(=O)O)cc1OCCc1ccccc1. The first kappa shape index (κ1) is 18.1. The number of benzene rings is 2. The van der Waals surface area contributed by atoms with Crippen LogP contribution >= 0.6 is 0 Å². The van der Waals surface area contributed by atoms with E-state index in [1.165, 1.54) is 7.11 Å². The predicted molar refractivity (Wildman–Crippen MR) is 91.9 cm³/mol. The molecule has 130 valence electrons. The van der Waals surface area contributed by atoms with E-state index in [1.807, 2.05) is 30.3 Å². The lowest BCUT2D eigenvalue weighted by molar-refractivity contribution is -0.140. The Morgan fingerprint density at radius 2 is 1.68 bits per heavy atom. The molecule has 0 unspecified atom stereocenters. The monoisotopic (exact) mass is 342 g/mol. The van der Waals surface area contributed by atoms with Gasteiger partial charge in [0.15, 0.2) is 11.5 Å². The summed E-state index contributed by atoms with van der Waals surface area (Å²) in [6.07, 6.45) is 1.77. The van der Waals surface area contributed by atoms with Gasteiger partial charge in [-0.15, -0.1) is 0 Å². The minimum atomic E-state index is -1.50. The van der Waals surface area contributed by atoms with Crippen molar-refractivity contribution in [3.8, 4) is 11.5 Å². The van der Waals surface area contributed by atoms with Crippen LogP contribution in [0, 0.1) is 0 Å². The summed E-state index contributed by atoms with van der Waals surface area (Å²) in [4.78, 5) is 22.0. The van der Waals surface area contributed by atoms with Crippen molar-refractivity contribution in [3.05, 3.63) is 65.2 Å². The van der Waals surface area contributed by atoms with Crippen LogP contribution < -0.4 is 9.47 Å². The largest absolute Gasteiger partial charge is 0.493 e. The van der Waals surface area contributed by atoms with Crippen LogP contribution in [0.25, 0.3) is 6.08 Å².